The molecule has 1 atom stereocenters. The van der Waals surface area contributed by atoms with E-state index in [0.717, 1.165) is 11.1 Å². The average Bonchev–Trinajstić information content (AvgIpc) is 3.19. The summed E-state index contributed by atoms with van der Waals surface area (Å²) in [7, 11) is 0. The number of hydrazone groups is 1. The number of carbonyl (C=O) groups excluding carboxylic acids is 1. The van der Waals surface area contributed by atoms with Crippen LogP contribution in [0.25, 0.3) is 6.08 Å². The van der Waals surface area contributed by atoms with Crippen LogP contribution in [-0.4, -0.2) is 21.7 Å². The maximum atomic E-state index is 12.9. The van der Waals surface area contributed by atoms with Crippen LogP contribution in [0, 0.1) is 0 Å². The van der Waals surface area contributed by atoms with Gasteiger partial charge in [-0.1, -0.05) is 72.8 Å². The number of phenolic OH excluding ortho intramolecular Hbond substituents is 1. The molecular weight excluding hydrogens is 348 g/mol. The molecule has 4 nitrogen and oxygen atoms in total. The van der Waals surface area contributed by atoms with Crippen molar-refractivity contribution in [1.29, 1.82) is 0 Å². The van der Waals surface area contributed by atoms with E-state index >= 15 is 0 Å². The Hall–Kier alpha value is -3.66. The molecule has 0 spiro atoms. The van der Waals surface area contributed by atoms with Gasteiger partial charge in [0.2, 0.25) is 0 Å². The van der Waals surface area contributed by atoms with Crippen LogP contribution in [0.5, 0.6) is 5.75 Å². The minimum Gasteiger partial charge on any atom is -0.507 e. The topological polar surface area (TPSA) is 52.9 Å². The zero-order valence-electron chi connectivity index (χ0n) is 15.3. The maximum absolute atomic E-state index is 12.9. The zero-order chi connectivity index (χ0) is 19.3. The lowest BCUT2D eigenvalue weighted by atomic mass is 9.98. The van der Waals surface area contributed by atoms with E-state index in [1.54, 1.807) is 24.3 Å². The quantitative estimate of drug-likeness (QED) is 0.674. The summed E-state index contributed by atoms with van der Waals surface area (Å²) in [6.45, 7) is 0. The summed E-state index contributed by atoms with van der Waals surface area (Å²) >= 11 is 0. The molecule has 3 aromatic carbocycles. The number of nitrogens with zero attached hydrogens (tertiary/aromatic N) is 2. The van der Waals surface area contributed by atoms with E-state index in [9.17, 15) is 9.90 Å². The first-order chi connectivity index (χ1) is 13.7. The summed E-state index contributed by atoms with van der Waals surface area (Å²) in [6, 6.07) is 26.4. The van der Waals surface area contributed by atoms with Crippen LogP contribution in [0.4, 0.5) is 0 Å². The van der Waals surface area contributed by atoms with Crippen LogP contribution in [0.2, 0.25) is 0 Å². The highest BCUT2D eigenvalue weighted by Gasteiger charge is 2.32. The third-order valence-electron chi connectivity index (χ3n) is 4.75. The molecule has 1 amide bonds. The molecule has 0 unspecified atom stereocenters. The van der Waals surface area contributed by atoms with Crippen LogP contribution in [0.15, 0.2) is 96.1 Å². The van der Waals surface area contributed by atoms with Crippen molar-refractivity contribution in [2.45, 2.75) is 12.5 Å². The third kappa shape index (κ3) is 3.71. The SMILES string of the molecule is O=C(/C=C/c1ccccc1)N1N=C(c2ccccc2O)C[C@H]1c1ccccc1. The number of hydrogen-bond donors (Lipinski definition) is 1. The van der Waals surface area contributed by atoms with Gasteiger partial charge in [-0.3, -0.25) is 4.79 Å². The van der Waals surface area contributed by atoms with Gasteiger partial charge in [0.1, 0.15) is 5.75 Å². The van der Waals surface area contributed by atoms with E-state index in [2.05, 4.69) is 5.10 Å². The molecule has 0 fully saturated rings. The molecule has 0 saturated carbocycles. The average molecular weight is 368 g/mol. The Morgan fingerprint density at radius 3 is 2.29 bits per heavy atom. The Kier molecular flexibility index (Phi) is 5.02. The molecule has 28 heavy (non-hydrogen) atoms. The fourth-order valence-corrected chi connectivity index (χ4v) is 3.34. The number of amides is 1. The van der Waals surface area contributed by atoms with Crippen molar-refractivity contribution < 1.29 is 9.90 Å². The molecule has 0 aliphatic carbocycles. The number of carbonyl (C=O) groups is 1. The molecule has 0 aromatic heterocycles. The molecule has 0 saturated heterocycles. The summed E-state index contributed by atoms with van der Waals surface area (Å²) < 4.78 is 0. The van der Waals surface area contributed by atoms with E-state index in [-0.39, 0.29) is 17.7 Å². The molecule has 3 aromatic rings. The number of phenols is 1. The van der Waals surface area contributed by atoms with E-state index < -0.39 is 0 Å². The second-order valence-corrected chi connectivity index (χ2v) is 6.62. The standard InChI is InChI=1S/C24H20N2O2/c27-23-14-8-7-13-20(23)21-17-22(19-11-5-2-6-12-19)26(25-21)24(28)16-15-18-9-3-1-4-10-18/h1-16,22,27H,17H2/b16-15+/t22-/m0/s1. The number of hydrogen-bond acceptors (Lipinski definition) is 3. The zero-order valence-corrected chi connectivity index (χ0v) is 15.3. The first kappa shape index (κ1) is 17.7. The first-order valence-electron chi connectivity index (χ1n) is 9.19. The highest BCUT2D eigenvalue weighted by Crippen LogP contribution is 2.34. The minimum atomic E-state index is -0.205. The maximum Gasteiger partial charge on any atom is 0.267 e. The fourth-order valence-electron chi connectivity index (χ4n) is 3.34. The lowest BCUT2D eigenvalue weighted by molar-refractivity contribution is -0.127. The molecule has 0 radical (unpaired) electrons. The fraction of sp³-hybridized carbons (Fsp3) is 0.0833. The lowest BCUT2D eigenvalue weighted by Gasteiger charge is -2.20. The number of aromatic hydroxyl groups is 1. The summed E-state index contributed by atoms with van der Waals surface area (Å²) in [4.78, 5) is 12.9. The van der Waals surface area contributed by atoms with E-state index in [4.69, 9.17) is 0 Å². The molecule has 1 heterocycles. The predicted octanol–water partition coefficient (Wildman–Crippen LogP) is 4.78. The number of para-hydroxylation sites is 1. The van der Waals surface area contributed by atoms with Crippen molar-refractivity contribution in [2.24, 2.45) is 5.10 Å². The lowest BCUT2D eigenvalue weighted by Crippen LogP contribution is -2.25. The van der Waals surface area contributed by atoms with Gasteiger partial charge in [0.25, 0.3) is 5.91 Å². The van der Waals surface area contributed by atoms with Gasteiger partial charge in [0.15, 0.2) is 0 Å². The molecular formula is C24H20N2O2. The molecule has 1 N–H and O–H groups in total. The summed E-state index contributed by atoms with van der Waals surface area (Å²) in [5.41, 5.74) is 3.33. The van der Waals surface area contributed by atoms with E-state index in [1.807, 2.05) is 72.8 Å². The van der Waals surface area contributed by atoms with Gasteiger partial charge in [-0.2, -0.15) is 5.10 Å². The Morgan fingerprint density at radius 1 is 0.929 bits per heavy atom. The van der Waals surface area contributed by atoms with Gasteiger partial charge < -0.3 is 5.11 Å². The highest BCUT2D eigenvalue weighted by molar-refractivity contribution is 6.06. The van der Waals surface area contributed by atoms with Gasteiger partial charge in [0, 0.05) is 18.1 Å². The molecule has 0 bridgehead atoms. The van der Waals surface area contributed by atoms with Gasteiger partial charge >= 0.3 is 0 Å². The largest absolute Gasteiger partial charge is 0.507 e. The predicted molar refractivity (Wildman–Crippen MR) is 111 cm³/mol. The number of benzene rings is 3. The summed E-state index contributed by atoms with van der Waals surface area (Å²) in [5, 5.41) is 16.3. The first-order valence-corrected chi connectivity index (χ1v) is 9.19. The minimum absolute atomic E-state index is 0.169. The highest BCUT2D eigenvalue weighted by atomic mass is 16.3. The molecule has 1 aliphatic rings. The van der Waals surface area contributed by atoms with Crippen molar-refractivity contribution in [2.75, 3.05) is 0 Å². The van der Waals surface area contributed by atoms with Crippen molar-refractivity contribution in [3.63, 3.8) is 0 Å². The normalized spacial score (nSPS) is 16.4. The van der Waals surface area contributed by atoms with Gasteiger partial charge in [-0.25, -0.2) is 5.01 Å². The summed E-state index contributed by atoms with van der Waals surface area (Å²) in [5.74, 6) is -0.0229. The van der Waals surface area contributed by atoms with Crippen molar-refractivity contribution in [1.82, 2.24) is 5.01 Å². The third-order valence-corrected chi connectivity index (χ3v) is 4.75. The Balaban J connectivity index is 1.66. The molecule has 1 aliphatic heterocycles. The van der Waals surface area contributed by atoms with Crippen LogP contribution < -0.4 is 0 Å². The van der Waals surface area contributed by atoms with Gasteiger partial charge in [-0.05, 0) is 29.3 Å². The monoisotopic (exact) mass is 368 g/mol. The van der Waals surface area contributed by atoms with Crippen molar-refractivity contribution >= 4 is 17.7 Å². The van der Waals surface area contributed by atoms with Crippen LogP contribution in [0.1, 0.15) is 29.2 Å². The summed E-state index contributed by atoms with van der Waals surface area (Å²) in [6.07, 6.45) is 3.88. The second kappa shape index (κ2) is 7.92. The van der Waals surface area contributed by atoms with Gasteiger partial charge in [0.05, 0.1) is 11.8 Å². The molecule has 4 rings (SSSR count). The van der Waals surface area contributed by atoms with Crippen LogP contribution in [0.3, 0.4) is 0 Å². The molecule has 4 heteroatoms. The van der Waals surface area contributed by atoms with E-state index in [0.29, 0.717) is 17.7 Å². The number of rotatable bonds is 4. The molecule has 138 valence electrons. The van der Waals surface area contributed by atoms with Crippen LogP contribution >= 0.6 is 0 Å². The Bertz CT molecular complexity index is 1030. The smallest absolute Gasteiger partial charge is 0.267 e. The van der Waals surface area contributed by atoms with Gasteiger partial charge in [-0.15, -0.1) is 0 Å². The van der Waals surface area contributed by atoms with Crippen molar-refractivity contribution in [3.05, 3.63) is 108 Å². The van der Waals surface area contributed by atoms with E-state index in [1.165, 1.54) is 5.01 Å². The Labute approximate surface area is 164 Å². The second-order valence-electron chi connectivity index (χ2n) is 6.62. The Morgan fingerprint density at radius 2 is 1.57 bits per heavy atom. The van der Waals surface area contributed by atoms with Crippen molar-refractivity contribution in [3.8, 4) is 5.75 Å². The van der Waals surface area contributed by atoms with Crippen LogP contribution in [-0.2, 0) is 4.79 Å².